The number of aliphatic hydroxyl groups excluding tert-OH is 1. The molecule has 4 heteroatoms. The van der Waals surface area contributed by atoms with Gasteiger partial charge in [0, 0.05) is 29.5 Å². The van der Waals surface area contributed by atoms with E-state index >= 15 is 0 Å². The molecule has 0 amide bonds. The van der Waals surface area contributed by atoms with Gasteiger partial charge in [-0.3, -0.25) is 0 Å². The van der Waals surface area contributed by atoms with Crippen LogP contribution in [0.1, 0.15) is 24.9 Å². The summed E-state index contributed by atoms with van der Waals surface area (Å²) >= 11 is 7.66. The lowest BCUT2D eigenvalue weighted by molar-refractivity contribution is 0.265. The van der Waals surface area contributed by atoms with Gasteiger partial charge in [-0.05, 0) is 37.3 Å². The first kappa shape index (κ1) is 14.8. The highest BCUT2D eigenvalue weighted by Crippen LogP contribution is 2.17. The van der Waals surface area contributed by atoms with E-state index in [4.69, 9.17) is 16.7 Å². The first-order valence-corrected chi connectivity index (χ1v) is 7.56. The molecule has 0 aliphatic carbocycles. The van der Waals surface area contributed by atoms with Crippen molar-refractivity contribution in [2.24, 2.45) is 0 Å². The van der Waals surface area contributed by atoms with Crippen molar-refractivity contribution in [2.45, 2.75) is 25.4 Å². The van der Waals surface area contributed by atoms with Gasteiger partial charge in [0.15, 0.2) is 0 Å². The highest BCUT2D eigenvalue weighted by molar-refractivity contribution is 7.98. The first-order valence-electron chi connectivity index (χ1n) is 5.78. The van der Waals surface area contributed by atoms with Gasteiger partial charge in [-0.15, -0.1) is 0 Å². The second-order valence-corrected chi connectivity index (χ2v) is 5.45. The predicted octanol–water partition coefficient (Wildman–Crippen LogP) is 3.10. The van der Waals surface area contributed by atoms with E-state index in [0.717, 1.165) is 17.2 Å². The zero-order chi connectivity index (χ0) is 12.7. The van der Waals surface area contributed by atoms with Crippen molar-refractivity contribution in [3.63, 3.8) is 0 Å². The van der Waals surface area contributed by atoms with Gasteiger partial charge in [-0.25, -0.2) is 0 Å². The molecule has 0 aliphatic heterocycles. The van der Waals surface area contributed by atoms with Crippen LogP contribution in [-0.4, -0.2) is 29.8 Å². The molecule has 0 bridgehead atoms. The van der Waals surface area contributed by atoms with Crippen molar-refractivity contribution in [3.05, 3.63) is 34.9 Å². The number of hydrogen-bond acceptors (Lipinski definition) is 3. The Kier molecular flexibility index (Phi) is 6.97. The molecule has 0 aliphatic rings. The Hall–Kier alpha value is -0.220. The van der Waals surface area contributed by atoms with Gasteiger partial charge in [0.1, 0.15) is 0 Å². The van der Waals surface area contributed by atoms with Gasteiger partial charge < -0.3 is 10.4 Å². The Balaban J connectivity index is 2.56. The zero-order valence-electron chi connectivity index (χ0n) is 10.3. The second-order valence-electron chi connectivity index (χ2n) is 4.10. The maximum atomic E-state index is 9.02. The molecule has 0 radical (unpaired) electrons. The normalized spacial score (nSPS) is 14.6. The minimum atomic E-state index is 0.228. The van der Waals surface area contributed by atoms with Crippen molar-refractivity contribution in [2.75, 3.05) is 18.6 Å². The fraction of sp³-hybridized carbons (Fsp3) is 0.538. The van der Waals surface area contributed by atoms with Crippen molar-refractivity contribution >= 4 is 23.4 Å². The van der Waals surface area contributed by atoms with Crippen LogP contribution in [0.4, 0.5) is 0 Å². The molecule has 0 saturated carbocycles. The van der Waals surface area contributed by atoms with Crippen molar-refractivity contribution in [1.82, 2.24) is 5.32 Å². The molecule has 0 heterocycles. The summed E-state index contributed by atoms with van der Waals surface area (Å²) < 4.78 is 0. The van der Waals surface area contributed by atoms with E-state index in [-0.39, 0.29) is 12.6 Å². The maximum absolute atomic E-state index is 9.02. The Labute approximate surface area is 113 Å². The van der Waals surface area contributed by atoms with Crippen LogP contribution in [0.25, 0.3) is 0 Å². The number of thioether (sulfide) groups is 1. The number of hydrogen-bond donors (Lipinski definition) is 2. The van der Waals surface area contributed by atoms with Crippen LogP contribution >= 0.6 is 23.4 Å². The number of rotatable bonds is 7. The summed E-state index contributed by atoms with van der Waals surface area (Å²) in [6, 6.07) is 8.51. The number of aliphatic hydroxyl groups is 1. The summed E-state index contributed by atoms with van der Waals surface area (Å²) in [5.41, 5.74) is 1.22. The molecule has 0 aromatic heterocycles. The molecule has 2 atom stereocenters. The molecular weight excluding hydrogens is 254 g/mol. The second kappa shape index (κ2) is 7.98. The van der Waals surface area contributed by atoms with E-state index in [2.05, 4.69) is 18.5 Å². The molecular formula is C13H20ClNOS. The highest BCUT2D eigenvalue weighted by Gasteiger charge is 2.12. The van der Waals surface area contributed by atoms with Crippen LogP contribution in [0.15, 0.2) is 24.3 Å². The monoisotopic (exact) mass is 273 g/mol. The topological polar surface area (TPSA) is 32.3 Å². The third-order valence-electron chi connectivity index (χ3n) is 2.70. The van der Waals surface area contributed by atoms with E-state index in [1.54, 1.807) is 11.8 Å². The maximum Gasteiger partial charge on any atom is 0.0446 e. The molecule has 1 aromatic rings. The van der Waals surface area contributed by atoms with Crippen molar-refractivity contribution in [3.8, 4) is 0 Å². The smallest absolute Gasteiger partial charge is 0.0446 e. The summed E-state index contributed by atoms with van der Waals surface area (Å²) in [6.07, 6.45) is 2.87. The number of halogens is 1. The van der Waals surface area contributed by atoms with Crippen molar-refractivity contribution in [1.29, 1.82) is 0 Å². The Morgan fingerprint density at radius 2 is 2.00 bits per heavy atom. The minimum absolute atomic E-state index is 0.228. The molecule has 0 saturated heterocycles. The molecule has 96 valence electrons. The Morgan fingerprint density at radius 3 is 2.53 bits per heavy atom. The largest absolute Gasteiger partial charge is 0.396 e. The predicted molar refractivity (Wildman–Crippen MR) is 76.9 cm³/mol. The van der Waals surface area contributed by atoms with Gasteiger partial charge in [0.25, 0.3) is 0 Å². The third kappa shape index (κ3) is 5.30. The van der Waals surface area contributed by atoms with Gasteiger partial charge in [0.2, 0.25) is 0 Å². The van der Waals surface area contributed by atoms with Gasteiger partial charge >= 0.3 is 0 Å². The van der Waals surface area contributed by atoms with Crippen LogP contribution in [0.3, 0.4) is 0 Å². The van der Waals surface area contributed by atoms with Crippen molar-refractivity contribution < 1.29 is 5.11 Å². The Morgan fingerprint density at radius 1 is 1.35 bits per heavy atom. The SMILES string of the molecule is CSC[C@H](CCO)N[C@H](C)c1ccc(Cl)cc1. The lowest BCUT2D eigenvalue weighted by atomic mass is 10.1. The third-order valence-corrected chi connectivity index (χ3v) is 3.69. The molecule has 2 nitrogen and oxygen atoms in total. The van der Waals surface area contributed by atoms with E-state index in [1.165, 1.54) is 5.56 Å². The molecule has 0 unspecified atom stereocenters. The van der Waals surface area contributed by atoms with Crippen LogP contribution in [0.2, 0.25) is 5.02 Å². The fourth-order valence-corrected chi connectivity index (χ4v) is 2.56. The van der Waals surface area contributed by atoms with E-state index in [1.807, 2.05) is 24.3 Å². The molecule has 0 fully saturated rings. The van der Waals surface area contributed by atoms with Crippen LogP contribution in [-0.2, 0) is 0 Å². The van der Waals surface area contributed by atoms with Gasteiger partial charge in [0.05, 0.1) is 0 Å². The summed E-state index contributed by atoms with van der Waals surface area (Å²) in [5.74, 6) is 1.01. The summed E-state index contributed by atoms with van der Waals surface area (Å²) in [6.45, 7) is 2.36. The van der Waals surface area contributed by atoms with E-state index in [0.29, 0.717) is 6.04 Å². The van der Waals surface area contributed by atoms with Crippen LogP contribution in [0, 0.1) is 0 Å². The summed E-state index contributed by atoms with van der Waals surface area (Å²) in [5, 5.41) is 13.3. The highest BCUT2D eigenvalue weighted by atomic mass is 35.5. The van der Waals surface area contributed by atoms with E-state index < -0.39 is 0 Å². The summed E-state index contributed by atoms with van der Waals surface area (Å²) in [7, 11) is 0. The zero-order valence-corrected chi connectivity index (χ0v) is 11.9. The average molecular weight is 274 g/mol. The van der Waals surface area contributed by atoms with Crippen LogP contribution in [0.5, 0.6) is 0 Å². The molecule has 1 rings (SSSR count). The first-order chi connectivity index (χ1) is 8.17. The average Bonchev–Trinajstić information content (AvgIpc) is 2.30. The van der Waals surface area contributed by atoms with Gasteiger partial charge in [-0.2, -0.15) is 11.8 Å². The fourth-order valence-electron chi connectivity index (χ4n) is 1.77. The minimum Gasteiger partial charge on any atom is -0.396 e. The number of nitrogens with one attached hydrogen (secondary N) is 1. The molecule has 0 spiro atoms. The molecule has 17 heavy (non-hydrogen) atoms. The lowest BCUT2D eigenvalue weighted by Crippen LogP contribution is -2.34. The quantitative estimate of drug-likeness (QED) is 0.801. The molecule has 1 aromatic carbocycles. The standard InChI is InChI=1S/C13H20ClNOS/c1-10(11-3-5-12(14)6-4-11)15-13(7-8-16)9-17-2/h3-6,10,13,15-16H,7-9H2,1-2H3/t10-,13+/m1/s1. The molecule has 2 N–H and O–H groups in total. The lowest BCUT2D eigenvalue weighted by Gasteiger charge is -2.22. The van der Waals surface area contributed by atoms with Gasteiger partial charge in [-0.1, -0.05) is 23.7 Å². The summed E-state index contributed by atoms with van der Waals surface area (Å²) in [4.78, 5) is 0. The number of benzene rings is 1. The van der Waals surface area contributed by atoms with E-state index in [9.17, 15) is 0 Å². The van der Waals surface area contributed by atoms with Crippen LogP contribution < -0.4 is 5.32 Å². The Bertz CT molecular complexity index is 312.